The molecule has 0 radical (unpaired) electrons. The first-order valence-electron chi connectivity index (χ1n) is 5.98. The molecule has 1 rings (SSSR count). The maximum Gasteiger partial charge on any atom is 0.0804 e. The lowest BCUT2D eigenvalue weighted by Gasteiger charge is -2.39. The van der Waals surface area contributed by atoms with E-state index in [0.29, 0.717) is 5.92 Å². The highest BCUT2D eigenvalue weighted by Gasteiger charge is 2.34. The molecule has 3 atom stereocenters. The van der Waals surface area contributed by atoms with Crippen LogP contribution in [-0.4, -0.2) is 18.2 Å². The Balaban J connectivity index is 2.44. The summed E-state index contributed by atoms with van der Waals surface area (Å²) in [5, 5.41) is 0. The van der Waals surface area contributed by atoms with Crippen LogP contribution in [-0.2, 0) is 4.74 Å². The van der Waals surface area contributed by atoms with Crippen molar-refractivity contribution in [3.63, 3.8) is 0 Å². The molecule has 0 saturated carbocycles. The molecule has 2 heteroatoms. The first kappa shape index (κ1) is 12.0. The third-order valence-corrected chi connectivity index (χ3v) is 3.64. The molecule has 0 aromatic heterocycles. The van der Waals surface area contributed by atoms with Crippen LogP contribution in [0.1, 0.15) is 52.9 Å². The van der Waals surface area contributed by atoms with Crippen LogP contribution in [0.15, 0.2) is 0 Å². The first-order chi connectivity index (χ1) is 6.58. The van der Waals surface area contributed by atoms with Crippen LogP contribution >= 0.6 is 0 Å². The fourth-order valence-electron chi connectivity index (χ4n) is 2.10. The molecule has 1 fully saturated rings. The van der Waals surface area contributed by atoms with Gasteiger partial charge >= 0.3 is 0 Å². The Labute approximate surface area is 88.2 Å². The van der Waals surface area contributed by atoms with Crippen molar-refractivity contribution >= 4 is 0 Å². The number of hydrogen-bond donors (Lipinski definition) is 1. The summed E-state index contributed by atoms with van der Waals surface area (Å²) in [7, 11) is 0. The molecule has 1 aliphatic rings. The molecule has 84 valence electrons. The normalized spacial score (nSPS) is 32.6. The van der Waals surface area contributed by atoms with Crippen molar-refractivity contribution in [2.75, 3.05) is 6.61 Å². The third-order valence-electron chi connectivity index (χ3n) is 3.64. The average Bonchev–Trinajstić information content (AvgIpc) is 2.18. The molecule has 0 aliphatic carbocycles. The Morgan fingerprint density at radius 2 is 2.14 bits per heavy atom. The number of hydrogen-bond acceptors (Lipinski definition) is 2. The van der Waals surface area contributed by atoms with Crippen LogP contribution in [0.25, 0.3) is 0 Å². The van der Waals surface area contributed by atoms with Crippen molar-refractivity contribution in [3.8, 4) is 0 Å². The molecule has 2 N–H and O–H groups in total. The van der Waals surface area contributed by atoms with Gasteiger partial charge in [0.1, 0.15) is 0 Å². The molecular weight excluding hydrogens is 174 g/mol. The van der Waals surface area contributed by atoms with Crippen LogP contribution in [0.4, 0.5) is 0 Å². The lowest BCUT2D eigenvalue weighted by molar-refractivity contribution is -0.0845. The van der Waals surface area contributed by atoms with Crippen molar-refractivity contribution in [2.45, 2.75) is 64.5 Å². The van der Waals surface area contributed by atoms with Gasteiger partial charge in [-0.1, -0.05) is 20.3 Å². The van der Waals surface area contributed by atoms with Gasteiger partial charge < -0.3 is 10.5 Å². The minimum atomic E-state index is -0.0539. The molecule has 3 unspecified atom stereocenters. The van der Waals surface area contributed by atoms with E-state index >= 15 is 0 Å². The first-order valence-corrected chi connectivity index (χ1v) is 5.98. The quantitative estimate of drug-likeness (QED) is 0.755. The number of rotatable bonds is 4. The van der Waals surface area contributed by atoms with Crippen molar-refractivity contribution < 1.29 is 4.74 Å². The Bertz CT molecular complexity index is 164. The summed E-state index contributed by atoms with van der Waals surface area (Å²) in [6, 6.07) is 0.206. The van der Waals surface area contributed by atoms with E-state index in [9.17, 15) is 0 Å². The molecule has 0 aromatic rings. The van der Waals surface area contributed by atoms with Gasteiger partial charge in [0, 0.05) is 12.6 Å². The van der Waals surface area contributed by atoms with E-state index in [1.165, 1.54) is 19.3 Å². The zero-order chi connectivity index (χ0) is 10.6. The average molecular weight is 199 g/mol. The van der Waals surface area contributed by atoms with E-state index in [0.717, 1.165) is 19.4 Å². The Kier molecular flexibility index (Phi) is 4.39. The highest BCUT2D eigenvalue weighted by molar-refractivity contribution is 4.89. The summed E-state index contributed by atoms with van der Waals surface area (Å²) in [6.45, 7) is 7.57. The van der Waals surface area contributed by atoms with Gasteiger partial charge in [0.15, 0.2) is 0 Å². The Morgan fingerprint density at radius 3 is 2.64 bits per heavy atom. The standard InChI is InChI=1S/C12H25NO/c1-4-10(2)9-11(13)12(3)7-5-6-8-14-12/h10-11H,4-9,13H2,1-3H3. The van der Waals surface area contributed by atoms with Crippen LogP contribution in [0, 0.1) is 5.92 Å². The fourth-order valence-corrected chi connectivity index (χ4v) is 2.10. The van der Waals surface area contributed by atoms with Crippen LogP contribution < -0.4 is 5.73 Å². The van der Waals surface area contributed by atoms with Gasteiger partial charge in [-0.15, -0.1) is 0 Å². The molecule has 2 nitrogen and oxygen atoms in total. The second kappa shape index (κ2) is 5.13. The topological polar surface area (TPSA) is 35.2 Å². The van der Waals surface area contributed by atoms with Gasteiger partial charge in [-0.2, -0.15) is 0 Å². The number of nitrogens with two attached hydrogens (primary N) is 1. The lowest BCUT2D eigenvalue weighted by atomic mass is 9.83. The molecule has 0 bridgehead atoms. The van der Waals surface area contributed by atoms with Crippen molar-refractivity contribution in [1.29, 1.82) is 0 Å². The highest BCUT2D eigenvalue weighted by atomic mass is 16.5. The predicted octanol–water partition coefficient (Wildman–Crippen LogP) is 2.71. The van der Waals surface area contributed by atoms with Gasteiger partial charge in [0.05, 0.1) is 5.60 Å². The van der Waals surface area contributed by atoms with Crippen LogP contribution in [0.3, 0.4) is 0 Å². The summed E-state index contributed by atoms with van der Waals surface area (Å²) in [5.74, 6) is 0.715. The minimum Gasteiger partial charge on any atom is -0.374 e. The molecular formula is C12H25NO. The van der Waals surface area contributed by atoms with Gasteiger partial charge in [-0.05, 0) is 38.5 Å². The molecule has 14 heavy (non-hydrogen) atoms. The molecule has 0 aromatic carbocycles. The minimum absolute atomic E-state index is 0.0539. The van der Waals surface area contributed by atoms with E-state index in [1.54, 1.807) is 0 Å². The summed E-state index contributed by atoms with van der Waals surface area (Å²) in [4.78, 5) is 0. The summed E-state index contributed by atoms with van der Waals surface area (Å²) in [6.07, 6.45) is 5.90. The van der Waals surface area contributed by atoms with Crippen molar-refractivity contribution in [3.05, 3.63) is 0 Å². The highest BCUT2D eigenvalue weighted by Crippen LogP contribution is 2.30. The van der Waals surface area contributed by atoms with Crippen molar-refractivity contribution in [1.82, 2.24) is 0 Å². The second-order valence-electron chi connectivity index (χ2n) is 4.97. The van der Waals surface area contributed by atoms with Gasteiger partial charge in [-0.3, -0.25) is 0 Å². The van der Waals surface area contributed by atoms with Gasteiger partial charge in [-0.25, -0.2) is 0 Å². The number of ether oxygens (including phenoxy) is 1. The van der Waals surface area contributed by atoms with E-state index in [2.05, 4.69) is 20.8 Å². The van der Waals surface area contributed by atoms with E-state index < -0.39 is 0 Å². The summed E-state index contributed by atoms with van der Waals surface area (Å²) < 4.78 is 5.85. The maximum atomic E-state index is 6.23. The van der Waals surface area contributed by atoms with Gasteiger partial charge in [0.2, 0.25) is 0 Å². The van der Waals surface area contributed by atoms with E-state index in [1.807, 2.05) is 0 Å². The van der Waals surface area contributed by atoms with E-state index in [-0.39, 0.29) is 11.6 Å². The summed E-state index contributed by atoms with van der Waals surface area (Å²) in [5.41, 5.74) is 6.18. The predicted molar refractivity (Wildman–Crippen MR) is 60.3 cm³/mol. The SMILES string of the molecule is CCC(C)CC(N)C1(C)CCCCO1. The molecule has 0 amide bonds. The molecule has 1 aliphatic heterocycles. The third kappa shape index (κ3) is 2.96. The second-order valence-corrected chi connectivity index (χ2v) is 4.97. The zero-order valence-electron chi connectivity index (χ0n) is 9.88. The van der Waals surface area contributed by atoms with E-state index in [4.69, 9.17) is 10.5 Å². The van der Waals surface area contributed by atoms with Crippen LogP contribution in [0.2, 0.25) is 0 Å². The van der Waals surface area contributed by atoms with Gasteiger partial charge in [0.25, 0.3) is 0 Å². The monoisotopic (exact) mass is 199 g/mol. The fraction of sp³-hybridized carbons (Fsp3) is 1.00. The van der Waals surface area contributed by atoms with Crippen LogP contribution in [0.5, 0.6) is 0 Å². The lowest BCUT2D eigenvalue weighted by Crippen LogP contribution is -2.50. The largest absolute Gasteiger partial charge is 0.374 e. The zero-order valence-corrected chi connectivity index (χ0v) is 9.88. The summed E-state index contributed by atoms with van der Waals surface area (Å²) >= 11 is 0. The Hall–Kier alpha value is -0.0800. The Morgan fingerprint density at radius 1 is 1.43 bits per heavy atom. The van der Waals surface area contributed by atoms with Crippen molar-refractivity contribution in [2.24, 2.45) is 11.7 Å². The molecule has 1 saturated heterocycles. The molecule has 0 spiro atoms. The maximum absolute atomic E-state index is 6.23. The molecule has 1 heterocycles. The smallest absolute Gasteiger partial charge is 0.0804 e.